The lowest BCUT2D eigenvalue weighted by Gasteiger charge is -2.12. The third kappa shape index (κ3) is 7.69. The topological polar surface area (TPSA) is 45.6 Å². The van der Waals surface area contributed by atoms with Gasteiger partial charge in [0, 0.05) is 42.8 Å². The number of rotatable bonds is 8. The summed E-state index contributed by atoms with van der Waals surface area (Å²) in [7, 11) is 1.76. The van der Waals surface area contributed by atoms with E-state index in [-0.39, 0.29) is 0 Å². The Hall–Kier alpha value is -0.780. The van der Waals surface area contributed by atoms with Crippen molar-refractivity contribution in [2.75, 3.05) is 26.8 Å². The standard InChI is InChI=1S/C15H23BrClN3O/c1-3-21-9-5-4-8-19-15(18-2)20-11-12-6-7-13(16)10-14(12)17/h6-7,10H,3-5,8-9,11H2,1-2H3,(H2,18,19,20). The molecule has 1 rings (SSSR count). The van der Waals surface area contributed by atoms with Crippen LogP contribution in [0.5, 0.6) is 0 Å². The summed E-state index contributed by atoms with van der Waals surface area (Å²) in [5.41, 5.74) is 1.04. The van der Waals surface area contributed by atoms with Gasteiger partial charge in [-0.3, -0.25) is 4.99 Å². The SMILES string of the molecule is CCOCCCCNC(=NC)NCc1ccc(Br)cc1Cl. The fourth-order valence-corrected chi connectivity index (χ4v) is 2.49. The molecule has 2 N–H and O–H groups in total. The number of hydrogen-bond acceptors (Lipinski definition) is 2. The Labute approximate surface area is 140 Å². The van der Waals surface area contributed by atoms with Crippen LogP contribution in [-0.4, -0.2) is 32.8 Å². The van der Waals surface area contributed by atoms with Crippen LogP contribution >= 0.6 is 27.5 Å². The molecule has 6 heteroatoms. The number of benzene rings is 1. The van der Waals surface area contributed by atoms with Gasteiger partial charge in [0.2, 0.25) is 0 Å². The molecule has 0 atom stereocenters. The molecule has 21 heavy (non-hydrogen) atoms. The van der Waals surface area contributed by atoms with Gasteiger partial charge in [-0.2, -0.15) is 0 Å². The van der Waals surface area contributed by atoms with Gasteiger partial charge in [-0.05, 0) is 37.5 Å². The third-order valence-electron chi connectivity index (χ3n) is 2.90. The first-order valence-electron chi connectivity index (χ1n) is 7.13. The summed E-state index contributed by atoms with van der Waals surface area (Å²) in [6.45, 7) is 5.13. The number of ether oxygens (including phenoxy) is 1. The number of aliphatic imine (C=N–C) groups is 1. The second-order valence-electron chi connectivity index (χ2n) is 4.49. The van der Waals surface area contributed by atoms with Crippen LogP contribution < -0.4 is 10.6 Å². The van der Waals surface area contributed by atoms with E-state index in [1.807, 2.05) is 25.1 Å². The van der Waals surface area contributed by atoms with Crippen LogP contribution in [0.25, 0.3) is 0 Å². The zero-order chi connectivity index (χ0) is 15.5. The molecule has 1 aromatic rings. The summed E-state index contributed by atoms with van der Waals surface area (Å²) >= 11 is 9.59. The van der Waals surface area contributed by atoms with Crippen LogP contribution in [0.2, 0.25) is 5.02 Å². The molecule has 1 aromatic carbocycles. The van der Waals surface area contributed by atoms with Crippen LogP contribution in [0.1, 0.15) is 25.3 Å². The van der Waals surface area contributed by atoms with Crippen molar-refractivity contribution in [3.05, 3.63) is 33.3 Å². The average molecular weight is 377 g/mol. The molecule has 0 fully saturated rings. The molecule has 0 bridgehead atoms. The van der Waals surface area contributed by atoms with E-state index in [4.69, 9.17) is 16.3 Å². The summed E-state index contributed by atoms with van der Waals surface area (Å²) in [4.78, 5) is 4.20. The maximum Gasteiger partial charge on any atom is 0.191 e. The van der Waals surface area contributed by atoms with Crippen molar-refractivity contribution in [1.82, 2.24) is 10.6 Å². The maximum atomic E-state index is 6.19. The molecule has 0 aliphatic heterocycles. The smallest absolute Gasteiger partial charge is 0.191 e. The highest BCUT2D eigenvalue weighted by molar-refractivity contribution is 9.10. The first kappa shape index (κ1) is 18.3. The average Bonchev–Trinajstić information content (AvgIpc) is 2.47. The summed E-state index contributed by atoms with van der Waals surface area (Å²) in [6, 6.07) is 5.87. The van der Waals surface area contributed by atoms with E-state index in [1.165, 1.54) is 0 Å². The summed E-state index contributed by atoms with van der Waals surface area (Å²) in [5, 5.41) is 7.27. The van der Waals surface area contributed by atoms with Gasteiger partial charge in [-0.15, -0.1) is 0 Å². The number of unbranched alkanes of at least 4 members (excludes halogenated alkanes) is 1. The van der Waals surface area contributed by atoms with Crippen molar-refractivity contribution >= 4 is 33.5 Å². The van der Waals surface area contributed by atoms with Gasteiger partial charge >= 0.3 is 0 Å². The molecule has 0 saturated carbocycles. The summed E-state index contributed by atoms with van der Waals surface area (Å²) in [5.74, 6) is 0.783. The third-order valence-corrected chi connectivity index (χ3v) is 3.74. The van der Waals surface area contributed by atoms with E-state index in [9.17, 15) is 0 Å². The minimum atomic E-state index is 0.644. The molecule has 118 valence electrons. The van der Waals surface area contributed by atoms with Gasteiger partial charge in [-0.25, -0.2) is 0 Å². The van der Waals surface area contributed by atoms with Crippen molar-refractivity contribution < 1.29 is 4.74 Å². The number of hydrogen-bond donors (Lipinski definition) is 2. The first-order valence-corrected chi connectivity index (χ1v) is 8.30. The van der Waals surface area contributed by atoms with E-state index in [0.29, 0.717) is 6.54 Å². The van der Waals surface area contributed by atoms with Crippen molar-refractivity contribution in [2.45, 2.75) is 26.3 Å². The normalized spacial score (nSPS) is 11.5. The Bertz CT molecular complexity index is 455. The molecule has 0 spiro atoms. The van der Waals surface area contributed by atoms with Gasteiger partial charge < -0.3 is 15.4 Å². The zero-order valence-electron chi connectivity index (χ0n) is 12.6. The molecule has 4 nitrogen and oxygen atoms in total. The molecule has 0 unspecified atom stereocenters. The lowest BCUT2D eigenvalue weighted by atomic mass is 10.2. The van der Waals surface area contributed by atoms with Crippen LogP contribution in [-0.2, 0) is 11.3 Å². The minimum Gasteiger partial charge on any atom is -0.382 e. The zero-order valence-corrected chi connectivity index (χ0v) is 14.9. The van der Waals surface area contributed by atoms with E-state index >= 15 is 0 Å². The highest BCUT2D eigenvalue weighted by atomic mass is 79.9. The fourth-order valence-electron chi connectivity index (χ4n) is 1.74. The molecule has 0 aliphatic carbocycles. The Kier molecular flexibility index (Phi) is 9.46. The number of nitrogens with one attached hydrogen (secondary N) is 2. The highest BCUT2D eigenvalue weighted by Crippen LogP contribution is 2.21. The van der Waals surface area contributed by atoms with E-state index < -0.39 is 0 Å². The van der Waals surface area contributed by atoms with E-state index in [2.05, 4.69) is 31.6 Å². The molecular weight excluding hydrogens is 354 g/mol. The quantitative estimate of drug-likeness (QED) is 0.414. The van der Waals surface area contributed by atoms with Gasteiger partial charge in [0.05, 0.1) is 0 Å². The van der Waals surface area contributed by atoms with Crippen LogP contribution in [0, 0.1) is 0 Å². The predicted octanol–water partition coefficient (Wildman–Crippen LogP) is 3.58. The van der Waals surface area contributed by atoms with Gasteiger partial charge in [0.25, 0.3) is 0 Å². The maximum absolute atomic E-state index is 6.19. The number of guanidine groups is 1. The molecular formula is C15H23BrClN3O. The Morgan fingerprint density at radius 3 is 2.81 bits per heavy atom. The van der Waals surface area contributed by atoms with Gasteiger partial charge in [-0.1, -0.05) is 33.6 Å². The number of halogens is 2. The Balaban J connectivity index is 2.28. The molecule has 0 aliphatic rings. The molecule has 0 heterocycles. The Morgan fingerprint density at radius 2 is 2.14 bits per heavy atom. The highest BCUT2D eigenvalue weighted by Gasteiger charge is 2.02. The lowest BCUT2D eigenvalue weighted by molar-refractivity contribution is 0.143. The second kappa shape index (κ2) is 10.9. The van der Waals surface area contributed by atoms with Crippen LogP contribution in [0.4, 0.5) is 0 Å². The van der Waals surface area contributed by atoms with E-state index in [1.54, 1.807) is 7.05 Å². The Morgan fingerprint density at radius 1 is 1.33 bits per heavy atom. The molecule has 0 radical (unpaired) electrons. The number of nitrogens with zero attached hydrogens (tertiary/aromatic N) is 1. The molecule has 0 saturated heterocycles. The van der Waals surface area contributed by atoms with Crippen molar-refractivity contribution in [3.63, 3.8) is 0 Å². The lowest BCUT2D eigenvalue weighted by Crippen LogP contribution is -2.37. The van der Waals surface area contributed by atoms with Crippen LogP contribution in [0.3, 0.4) is 0 Å². The molecule has 0 aromatic heterocycles. The van der Waals surface area contributed by atoms with Crippen molar-refractivity contribution in [1.29, 1.82) is 0 Å². The largest absolute Gasteiger partial charge is 0.382 e. The predicted molar refractivity (Wildman–Crippen MR) is 93.1 cm³/mol. The van der Waals surface area contributed by atoms with Gasteiger partial charge in [0.1, 0.15) is 0 Å². The first-order chi connectivity index (χ1) is 10.2. The van der Waals surface area contributed by atoms with Crippen molar-refractivity contribution in [3.8, 4) is 0 Å². The summed E-state index contributed by atoms with van der Waals surface area (Å²) < 4.78 is 6.28. The van der Waals surface area contributed by atoms with E-state index in [0.717, 1.165) is 53.6 Å². The van der Waals surface area contributed by atoms with Crippen molar-refractivity contribution in [2.24, 2.45) is 4.99 Å². The van der Waals surface area contributed by atoms with Crippen LogP contribution in [0.15, 0.2) is 27.7 Å². The monoisotopic (exact) mass is 375 g/mol. The summed E-state index contributed by atoms with van der Waals surface area (Å²) in [6.07, 6.45) is 2.11. The fraction of sp³-hybridized carbons (Fsp3) is 0.533. The molecule has 0 amide bonds. The second-order valence-corrected chi connectivity index (χ2v) is 5.82. The van der Waals surface area contributed by atoms with Gasteiger partial charge in [0.15, 0.2) is 5.96 Å². The minimum absolute atomic E-state index is 0.644.